The number of benzene rings is 1. The Morgan fingerprint density at radius 1 is 1.18 bits per heavy atom. The number of likely N-dealkylation sites (N-methyl/N-ethyl adjacent to an activating group) is 1. The van der Waals surface area contributed by atoms with Crippen molar-refractivity contribution < 1.29 is 27.5 Å². The van der Waals surface area contributed by atoms with Gasteiger partial charge in [0.15, 0.2) is 6.61 Å². The second-order valence-corrected chi connectivity index (χ2v) is 9.79. The van der Waals surface area contributed by atoms with E-state index in [1.807, 2.05) is 6.07 Å². The molecule has 0 fully saturated rings. The highest BCUT2D eigenvalue weighted by Gasteiger charge is 2.24. The van der Waals surface area contributed by atoms with Crippen molar-refractivity contribution in [3.63, 3.8) is 0 Å². The quantitative estimate of drug-likeness (QED) is 0.595. The fraction of sp³-hybridized carbons (Fsp3) is 0.391. The van der Waals surface area contributed by atoms with E-state index in [0.717, 1.165) is 31.3 Å². The molecule has 33 heavy (non-hydrogen) atoms. The maximum absolute atomic E-state index is 13.6. The molecule has 10 heteroatoms. The Bertz CT molecular complexity index is 1150. The summed E-state index contributed by atoms with van der Waals surface area (Å²) in [4.78, 5) is 24.1. The molecule has 2 N–H and O–H groups in total. The third-order valence-corrected chi connectivity index (χ3v) is 6.99. The zero-order valence-corrected chi connectivity index (χ0v) is 19.6. The molecule has 3 rings (SSSR count). The van der Waals surface area contributed by atoms with Gasteiger partial charge in [0.05, 0.1) is 17.2 Å². The molecule has 1 aliphatic rings. The average molecular weight is 476 g/mol. The van der Waals surface area contributed by atoms with Gasteiger partial charge in [0, 0.05) is 32.8 Å². The summed E-state index contributed by atoms with van der Waals surface area (Å²) in [5.74, 6) is 0.0509. The number of ether oxygens (including phenoxy) is 2. The van der Waals surface area contributed by atoms with Crippen molar-refractivity contribution in [2.45, 2.75) is 37.0 Å². The Morgan fingerprint density at radius 3 is 2.64 bits per heavy atom. The summed E-state index contributed by atoms with van der Waals surface area (Å²) in [5, 5.41) is 0. The Kier molecular flexibility index (Phi) is 7.80. The monoisotopic (exact) mass is 475 g/mol. The van der Waals surface area contributed by atoms with Crippen molar-refractivity contribution in [2.24, 2.45) is 5.73 Å². The molecule has 2 amide bonds. The van der Waals surface area contributed by atoms with Crippen LogP contribution >= 0.6 is 0 Å². The van der Waals surface area contributed by atoms with Gasteiger partial charge in [-0.1, -0.05) is 12.1 Å². The lowest BCUT2D eigenvalue weighted by atomic mass is 9.97. The maximum Gasteiger partial charge on any atom is 0.404 e. The zero-order chi connectivity index (χ0) is 24.0. The molecule has 2 aromatic rings. The van der Waals surface area contributed by atoms with Crippen LogP contribution in [-0.2, 0) is 26.0 Å². The summed E-state index contributed by atoms with van der Waals surface area (Å²) >= 11 is 0. The zero-order valence-electron chi connectivity index (χ0n) is 18.8. The van der Waals surface area contributed by atoms with Crippen molar-refractivity contribution in [3.05, 3.63) is 53.9 Å². The molecule has 9 nitrogen and oxygen atoms in total. The first-order valence-corrected chi connectivity index (χ1v) is 12.1. The molecule has 1 heterocycles. The molecule has 0 radical (unpaired) electrons. The number of carbonyl (C=O) groups is 2. The van der Waals surface area contributed by atoms with Crippen LogP contribution < -0.4 is 10.5 Å². The van der Waals surface area contributed by atoms with Gasteiger partial charge in [-0.3, -0.25) is 4.79 Å². The largest absolute Gasteiger partial charge is 0.484 e. The van der Waals surface area contributed by atoms with Crippen molar-refractivity contribution in [1.82, 2.24) is 8.87 Å². The maximum atomic E-state index is 13.6. The van der Waals surface area contributed by atoms with E-state index >= 15 is 0 Å². The summed E-state index contributed by atoms with van der Waals surface area (Å²) in [6, 6.07) is 7.90. The molecule has 0 bridgehead atoms. The first-order chi connectivity index (χ1) is 15.7. The van der Waals surface area contributed by atoms with Gasteiger partial charge in [0.1, 0.15) is 5.75 Å². The minimum atomic E-state index is -3.95. The molecule has 0 saturated carbocycles. The average Bonchev–Trinajstić information content (AvgIpc) is 3.23. The van der Waals surface area contributed by atoms with E-state index in [-0.39, 0.29) is 29.8 Å². The number of nitrogens with two attached hydrogens (primary N) is 1. The highest BCUT2D eigenvalue weighted by Crippen LogP contribution is 2.31. The van der Waals surface area contributed by atoms with Gasteiger partial charge < -0.3 is 20.1 Å². The summed E-state index contributed by atoms with van der Waals surface area (Å²) in [7, 11) is -0.714. The molecule has 0 saturated heterocycles. The Labute approximate surface area is 193 Å². The number of allylic oxidation sites excluding steroid dienone is 2. The van der Waals surface area contributed by atoms with Gasteiger partial charge in [-0.05, 0) is 55.0 Å². The lowest BCUT2D eigenvalue weighted by Crippen LogP contribution is -2.27. The molecule has 1 aromatic carbocycles. The first-order valence-electron chi connectivity index (χ1n) is 10.7. The highest BCUT2D eigenvalue weighted by molar-refractivity contribution is 7.90. The van der Waals surface area contributed by atoms with Crippen LogP contribution in [-0.4, -0.2) is 56.6 Å². The third-order valence-electron chi connectivity index (χ3n) is 5.32. The van der Waals surface area contributed by atoms with Crippen LogP contribution in [0, 0.1) is 0 Å². The Hall–Kier alpha value is -3.27. The van der Waals surface area contributed by atoms with Crippen LogP contribution in [0.15, 0.2) is 47.5 Å². The number of rotatable bonds is 9. The lowest BCUT2D eigenvalue weighted by Gasteiger charge is -2.16. The predicted molar refractivity (Wildman–Crippen MR) is 123 cm³/mol. The van der Waals surface area contributed by atoms with E-state index in [1.165, 1.54) is 21.0 Å². The van der Waals surface area contributed by atoms with Gasteiger partial charge in [-0.2, -0.15) is 0 Å². The van der Waals surface area contributed by atoms with Crippen LogP contribution in [0.4, 0.5) is 4.79 Å². The molecule has 0 unspecified atom stereocenters. The normalized spacial score (nSPS) is 13.8. The molecular weight excluding hydrogens is 446 g/mol. The van der Waals surface area contributed by atoms with Gasteiger partial charge in [0.25, 0.3) is 15.9 Å². The van der Waals surface area contributed by atoms with E-state index in [1.54, 1.807) is 32.4 Å². The second kappa shape index (κ2) is 10.6. The van der Waals surface area contributed by atoms with Crippen LogP contribution in [0.5, 0.6) is 5.75 Å². The summed E-state index contributed by atoms with van der Waals surface area (Å²) in [6.07, 6.45) is 6.82. The van der Waals surface area contributed by atoms with Crippen molar-refractivity contribution in [2.75, 3.05) is 27.3 Å². The Balaban J connectivity index is 1.93. The molecule has 178 valence electrons. The minimum Gasteiger partial charge on any atom is -0.484 e. The van der Waals surface area contributed by atoms with Crippen LogP contribution in [0.2, 0.25) is 0 Å². The number of carbonyl (C=O) groups excluding carboxylic acids is 2. The lowest BCUT2D eigenvalue weighted by molar-refractivity contribution is -0.130. The van der Waals surface area contributed by atoms with E-state index in [0.29, 0.717) is 17.7 Å². The third kappa shape index (κ3) is 6.16. The molecule has 1 aliphatic carbocycles. The summed E-state index contributed by atoms with van der Waals surface area (Å²) in [6.45, 7) is -0.136. The molecule has 0 aliphatic heterocycles. The molecule has 1 aromatic heterocycles. The topological polar surface area (TPSA) is 121 Å². The Morgan fingerprint density at radius 2 is 1.97 bits per heavy atom. The van der Waals surface area contributed by atoms with Gasteiger partial charge in [-0.15, -0.1) is 0 Å². The molecule has 0 spiro atoms. The molecular formula is C23H29N3O6S. The van der Waals surface area contributed by atoms with Crippen LogP contribution in [0.3, 0.4) is 0 Å². The number of amides is 2. The van der Waals surface area contributed by atoms with E-state index < -0.39 is 16.1 Å². The van der Waals surface area contributed by atoms with Gasteiger partial charge in [-0.25, -0.2) is 17.2 Å². The molecule has 0 atom stereocenters. The SMILES string of the molecule is CN(C)C(=O)COc1cccc(S(=O)(=O)n2cc(CCOC(N)=O)cc2C2=CCCCC2)c1. The van der Waals surface area contributed by atoms with Gasteiger partial charge in [0.2, 0.25) is 0 Å². The number of nitrogens with zero attached hydrogens (tertiary/aromatic N) is 2. The standard InChI is InChI=1S/C23H29N3O6S/c1-25(2)22(27)16-32-19-9-6-10-20(14-19)33(29,30)26-15-17(11-12-31-23(24)28)13-21(26)18-7-4-3-5-8-18/h6-7,9-10,13-15H,3-5,8,11-12,16H2,1-2H3,(H2,24,28). The fourth-order valence-corrected chi connectivity index (χ4v) is 4.96. The predicted octanol–water partition coefficient (Wildman–Crippen LogP) is 2.79. The number of hydrogen-bond donors (Lipinski definition) is 1. The highest BCUT2D eigenvalue weighted by atomic mass is 32.2. The second-order valence-electron chi connectivity index (χ2n) is 7.98. The van der Waals surface area contributed by atoms with Crippen molar-refractivity contribution >= 4 is 27.6 Å². The smallest absolute Gasteiger partial charge is 0.404 e. The summed E-state index contributed by atoms with van der Waals surface area (Å²) in [5.41, 5.74) is 7.30. The first kappa shape index (κ1) is 24.4. The number of aromatic nitrogens is 1. The summed E-state index contributed by atoms with van der Waals surface area (Å²) < 4.78 is 38.8. The van der Waals surface area contributed by atoms with E-state index in [9.17, 15) is 18.0 Å². The van der Waals surface area contributed by atoms with Crippen LogP contribution in [0.1, 0.15) is 36.9 Å². The minimum absolute atomic E-state index is 0.0468. The van der Waals surface area contributed by atoms with E-state index in [4.69, 9.17) is 15.2 Å². The van der Waals surface area contributed by atoms with Crippen LogP contribution in [0.25, 0.3) is 5.57 Å². The van der Waals surface area contributed by atoms with E-state index in [2.05, 4.69) is 6.08 Å². The van der Waals surface area contributed by atoms with Crippen molar-refractivity contribution in [1.29, 1.82) is 0 Å². The van der Waals surface area contributed by atoms with Gasteiger partial charge >= 0.3 is 6.09 Å². The number of primary amides is 1. The van der Waals surface area contributed by atoms with Crippen molar-refractivity contribution in [3.8, 4) is 5.75 Å². The number of hydrogen-bond acceptors (Lipinski definition) is 6. The fourth-order valence-electron chi connectivity index (χ4n) is 3.52.